The van der Waals surface area contributed by atoms with Crippen molar-refractivity contribution in [1.82, 2.24) is 14.9 Å². The van der Waals surface area contributed by atoms with Crippen LogP contribution < -0.4 is 0 Å². The number of hydrogen-bond donors (Lipinski definition) is 0. The van der Waals surface area contributed by atoms with Crippen molar-refractivity contribution in [2.24, 2.45) is 11.3 Å². The van der Waals surface area contributed by atoms with Crippen LogP contribution in [0, 0.1) is 11.3 Å². The van der Waals surface area contributed by atoms with Gasteiger partial charge in [-0.05, 0) is 24.7 Å². The maximum Gasteiger partial charge on any atom is 0.225 e. The molecule has 4 nitrogen and oxygen atoms in total. The summed E-state index contributed by atoms with van der Waals surface area (Å²) in [5, 5.41) is 4.96. The zero-order valence-corrected chi connectivity index (χ0v) is 11.7. The summed E-state index contributed by atoms with van der Waals surface area (Å²) in [6.45, 7) is 10.9. The number of nitrogens with zero attached hydrogens (tertiary/aromatic N) is 3. The summed E-state index contributed by atoms with van der Waals surface area (Å²) in [6, 6.07) is 0. The van der Waals surface area contributed by atoms with Crippen LogP contribution in [-0.4, -0.2) is 60.1 Å². The summed E-state index contributed by atoms with van der Waals surface area (Å²) in [4.78, 5) is 14.2. The van der Waals surface area contributed by atoms with E-state index in [9.17, 15) is 4.79 Å². The molecule has 0 radical (unpaired) electrons. The highest BCUT2D eigenvalue weighted by molar-refractivity contribution is 5.78. The molecule has 3 heterocycles. The van der Waals surface area contributed by atoms with Gasteiger partial charge in [0.1, 0.15) is 0 Å². The van der Waals surface area contributed by atoms with Gasteiger partial charge >= 0.3 is 0 Å². The Bertz CT molecular complexity index is 330. The molecule has 0 aliphatic carbocycles. The van der Waals surface area contributed by atoms with E-state index in [1.807, 2.05) is 13.8 Å². The number of amides is 1. The molecule has 0 aromatic rings. The van der Waals surface area contributed by atoms with E-state index in [1.54, 1.807) is 0 Å². The fraction of sp³-hybridized carbons (Fsp3) is 0.929. The second kappa shape index (κ2) is 4.49. The van der Waals surface area contributed by atoms with Crippen molar-refractivity contribution < 1.29 is 4.79 Å². The number of hydrogen-bond acceptors (Lipinski definition) is 3. The van der Waals surface area contributed by atoms with E-state index < -0.39 is 0 Å². The Morgan fingerprint density at radius 3 is 2.06 bits per heavy atom. The summed E-state index contributed by atoms with van der Waals surface area (Å²) in [5.41, 5.74) is 0.442. The van der Waals surface area contributed by atoms with Crippen molar-refractivity contribution in [3.05, 3.63) is 0 Å². The molecule has 0 saturated carbocycles. The van der Waals surface area contributed by atoms with Gasteiger partial charge in [0, 0.05) is 45.2 Å². The molecule has 102 valence electrons. The van der Waals surface area contributed by atoms with Gasteiger partial charge in [0.15, 0.2) is 0 Å². The molecule has 0 N–H and O–H groups in total. The molecule has 3 rings (SSSR count). The van der Waals surface area contributed by atoms with Crippen LogP contribution in [0.4, 0.5) is 0 Å². The fourth-order valence-electron chi connectivity index (χ4n) is 3.48. The summed E-state index contributed by atoms with van der Waals surface area (Å²) in [7, 11) is 0. The molecular weight excluding hydrogens is 226 g/mol. The molecule has 4 heteroatoms. The van der Waals surface area contributed by atoms with Crippen molar-refractivity contribution >= 4 is 5.91 Å². The van der Waals surface area contributed by atoms with E-state index in [4.69, 9.17) is 0 Å². The van der Waals surface area contributed by atoms with Gasteiger partial charge in [0.05, 0.1) is 0 Å². The Labute approximate surface area is 110 Å². The predicted octanol–water partition coefficient (Wildman–Crippen LogP) is 1.19. The molecule has 0 aromatic heterocycles. The van der Waals surface area contributed by atoms with E-state index in [2.05, 4.69) is 14.9 Å². The smallest absolute Gasteiger partial charge is 0.225 e. The van der Waals surface area contributed by atoms with Crippen LogP contribution in [0.15, 0.2) is 0 Å². The van der Waals surface area contributed by atoms with E-state index in [-0.39, 0.29) is 5.92 Å². The van der Waals surface area contributed by atoms with E-state index >= 15 is 0 Å². The number of piperidine rings is 1. The molecule has 1 amide bonds. The van der Waals surface area contributed by atoms with Gasteiger partial charge in [-0.2, -0.15) is 0 Å². The molecule has 3 saturated heterocycles. The minimum Gasteiger partial charge on any atom is -0.342 e. The first kappa shape index (κ1) is 12.4. The van der Waals surface area contributed by atoms with Gasteiger partial charge in [-0.15, -0.1) is 0 Å². The first-order chi connectivity index (χ1) is 8.60. The topological polar surface area (TPSA) is 26.6 Å². The van der Waals surface area contributed by atoms with Crippen LogP contribution in [0.25, 0.3) is 0 Å². The molecule has 3 fully saturated rings. The SMILES string of the molecule is CC(C)C(=O)N1CCC2(CCN(N3CC3)CC2)C1. The normalized spacial score (nSPS) is 28.3. The second-order valence-electron chi connectivity index (χ2n) is 6.57. The predicted molar refractivity (Wildman–Crippen MR) is 70.8 cm³/mol. The quantitative estimate of drug-likeness (QED) is 0.690. The third kappa shape index (κ3) is 2.28. The molecule has 1 spiro atoms. The fourth-order valence-corrected chi connectivity index (χ4v) is 3.48. The van der Waals surface area contributed by atoms with Crippen LogP contribution in [0.3, 0.4) is 0 Å². The lowest BCUT2D eigenvalue weighted by Gasteiger charge is -2.39. The van der Waals surface area contributed by atoms with Crippen molar-refractivity contribution in [1.29, 1.82) is 0 Å². The lowest BCUT2D eigenvalue weighted by atomic mass is 9.78. The third-order valence-electron chi connectivity index (χ3n) is 4.87. The summed E-state index contributed by atoms with van der Waals surface area (Å²) < 4.78 is 0. The van der Waals surface area contributed by atoms with Gasteiger partial charge in [0.25, 0.3) is 0 Å². The molecule has 0 unspecified atom stereocenters. The van der Waals surface area contributed by atoms with Crippen LogP contribution in [0.1, 0.15) is 33.1 Å². The Kier molecular flexibility index (Phi) is 3.10. The molecule has 0 aromatic carbocycles. The first-order valence-electron chi connectivity index (χ1n) is 7.38. The monoisotopic (exact) mass is 251 g/mol. The highest BCUT2D eigenvalue weighted by atomic mass is 16.2. The lowest BCUT2D eigenvalue weighted by Crippen LogP contribution is -2.44. The number of carbonyl (C=O) groups excluding carboxylic acids is 1. The van der Waals surface area contributed by atoms with E-state index in [0.29, 0.717) is 11.3 Å². The highest BCUT2D eigenvalue weighted by Gasteiger charge is 2.43. The van der Waals surface area contributed by atoms with Crippen LogP contribution in [0.5, 0.6) is 0 Å². The summed E-state index contributed by atoms with van der Waals surface area (Å²) >= 11 is 0. The van der Waals surface area contributed by atoms with E-state index in [0.717, 1.165) is 13.1 Å². The van der Waals surface area contributed by atoms with Gasteiger partial charge in [-0.25, -0.2) is 10.0 Å². The van der Waals surface area contributed by atoms with Crippen LogP contribution in [0.2, 0.25) is 0 Å². The number of rotatable bonds is 2. The van der Waals surface area contributed by atoms with Crippen LogP contribution >= 0.6 is 0 Å². The van der Waals surface area contributed by atoms with Gasteiger partial charge in [-0.3, -0.25) is 4.79 Å². The average Bonchev–Trinajstić information content (AvgIpc) is 3.12. The molecule has 18 heavy (non-hydrogen) atoms. The average molecular weight is 251 g/mol. The van der Waals surface area contributed by atoms with Gasteiger partial charge in [0.2, 0.25) is 5.91 Å². The number of carbonyl (C=O) groups is 1. The van der Waals surface area contributed by atoms with Crippen molar-refractivity contribution in [2.45, 2.75) is 33.1 Å². The zero-order chi connectivity index (χ0) is 12.8. The Balaban J connectivity index is 1.56. The Morgan fingerprint density at radius 2 is 1.50 bits per heavy atom. The largest absolute Gasteiger partial charge is 0.342 e. The lowest BCUT2D eigenvalue weighted by molar-refractivity contribution is -0.134. The zero-order valence-electron chi connectivity index (χ0n) is 11.7. The van der Waals surface area contributed by atoms with Crippen molar-refractivity contribution in [3.8, 4) is 0 Å². The second-order valence-corrected chi connectivity index (χ2v) is 6.57. The minimum absolute atomic E-state index is 0.151. The standard InChI is InChI=1S/C14H25N3O/c1-12(2)13(18)15-6-3-14(11-15)4-7-16(8-5-14)17-9-10-17/h12H,3-11H2,1-2H3. The molecular formula is C14H25N3O. The third-order valence-corrected chi connectivity index (χ3v) is 4.87. The molecule has 0 bridgehead atoms. The first-order valence-corrected chi connectivity index (χ1v) is 7.38. The Hall–Kier alpha value is -0.610. The minimum atomic E-state index is 0.151. The van der Waals surface area contributed by atoms with E-state index in [1.165, 1.54) is 45.4 Å². The number of likely N-dealkylation sites (tertiary alicyclic amines) is 1. The molecule has 3 aliphatic heterocycles. The number of hydrazine groups is 1. The van der Waals surface area contributed by atoms with Crippen LogP contribution in [-0.2, 0) is 4.79 Å². The summed E-state index contributed by atoms with van der Waals surface area (Å²) in [6.07, 6.45) is 3.76. The van der Waals surface area contributed by atoms with Gasteiger partial charge < -0.3 is 4.90 Å². The van der Waals surface area contributed by atoms with Crippen molar-refractivity contribution in [2.75, 3.05) is 39.3 Å². The highest BCUT2D eigenvalue weighted by Crippen LogP contribution is 2.41. The Morgan fingerprint density at radius 1 is 0.944 bits per heavy atom. The summed E-state index contributed by atoms with van der Waals surface area (Å²) in [5.74, 6) is 0.498. The van der Waals surface area contributed by atoms with Crippen molar-refractivity contribution in [3.63, 3.8) is 0 Å². The maximum absolute atomic E-state index is 12.1. The van der Waals surface area contributed by atoms with Gasteiger partial charge in [-0.1, -0.05) is 13.8 Å². The maximum atomic E-state index is 12.1. The molecule has 0 atom stereocenters. The molecule has 3 aliphatic rings.